The van der Waals surface area contributed by atoms with E-state index in [9.17, 15) is 19.8 Å². The Labute approximate surface area is 328 Å². The molecule has 4 aromatic carbocycles. The number of carbonyl (C=O) groups is 2. The number of pyridine rings is 1. The number of fused-ring (bicyclic) bond motifs is 2. The lowest BCUT2D eigenvalue weighted by Crippen LogP contribution is -2.54. The number of hydrogen-bond acceptors (Lipinski definition) is 11. The highest BCUT2D eigenvalue weighted by Gasteiger charge is 2.36. The molecular weight excluding hydrogens is 721 g/mol. The predicted molar refractivity (Wildman–Crippen MR) is 218 cm³/mol. The van der Waals surface area contributed by atoms with Crippen LogP contribution in [-0.2, 0) is 16.1 Å². The molecule has 7 aromatic rings. The van der Waals surface area contributed by atoms with E-state index in [1.807, 2.05) is 85.5 Å². The van der Waals surface area contributed by atoms with Crippen molar-refractivity contribution >= 4 is 45.3 Å². The normalized spacial score (nSPS) is 14.1. The molecule has 2 fully saturated rings. The van der Waals surface area contributed by atoms with Crippen LogP contribution >= 0.6 is 0 Å². The molecule has 57 heavy (non-hydrogen) atoms. The number of hydrogen-bond donors (Lipinski definition) is 4. The van der Waals surface area contributed by atoms with E-state index in [-0.39, 0.29) is 29.2 Å². The first-order chi connectivity index (χ1) is 27.6. The van der Waals surface area contributed by atoms with Crippen molar-refractivity contribution in [2.24, 2.45) is 11.8 Å². The van der Waals surface area contributed by atoms with Gasteiger partial charge >= 0.3 is 5.97 Å². The predicted octanol–water partition coefficient (Wildman–Crippen LogP) is 6.29. The van der Waals surface area contributed by atoms with Gasteiger partial charge in [-0.2, -0.15) is 0 Å². The fraction of sp³-hybridized carbons (Fsp3) is 0.205. The molecule has 2 aliphatic heterocycles. The second-order valence-electron chi connectivity index (χ2n) is 14.4. The van der Waals surface area contributed by atoms with Crippen LogP contribution in [0.15, 0.2) is 109 Å². The zero-order valence-electron chi connectivity index (χ0n) is 31.4. The lowest BCUT2D eigenvalue weighted by atomic mass is 9.98. The number of nitrogens with one attached hydrogen (secondary N) is 1. The maximum Gasteiger partial charge on any atom is 0.310 e. The molecular formula is C44H40N8O5. The van der Waals surface area contributed by atoms with E-state index >= 15 is 0 Å². The Balaban J connectivity index is 0.000000165. The lowest BCUT2D eigenvalue weighted by Gasteiger charge is -2.39. The van der Waals surface area contributed by atoms with Crippen LogP contribution in [0.4, 0.5) is 11.6 Å². The number of phenolic OH excluding ortho intramolecular Hbond substituents is 2. The van der Waals surface area contributed by atoms with Crippen molar-refractivity contribution in [2.75, 3.05) is 36.0 Å². The molecule has 0 radical (unpaired) electrons. The van der Waals surface area contributed by atoms with Gasteiger partial charge in [-0.25, -0.2) is 19.9 Å². The highest BCUT2D eigenvalue weighted by atomic mass is 16.4. The van der Waals surface area contributed by atoms with E-state index in [0.717, 1.165) is 44.3 Å². The average Bonchev–Trinajstić information content (AvgIpc) is 3.16. The minimum absolute atomic E-state index is 0.0354. The highest BCUT2D eigenvalue weighted by Crippen LogP contribution is 2.36. The van der Waals surface area contributed by atoms with E-state index in [2.05, 4.69) is 25.2 Å². The van der Waals surface area contributed by atoms with Gasteiger partial charge in [0.1, 0.15) is 23.1 Å². The van der Waals surface area contributed by atoms with Gasteiger partial charge in [0.05, 0.1) is 34.0 Å². The molecule has 0 saturated carbocycles. The molecule has 0 bridgehead atoms. The van der Waals surface area contributed by atoms with Crippen molar-refractivity contribution in [3.05, 3.63) is 126 Å². The third kappa shape index (κ3) is 7.72. The Hall–Kier alpha value is -7.15. The van der Waals surface area contributed by atoms with Gasteiger partial charge in [-0.1, -0.05) is 36.4 Å². The van der Waals surface area contributed by atoms with Crippen LogP contribution < -0.4 is 15.1 Å². The molecule has 2 aliphatic rings. The van der Waals surface area contributed by atoms with Crippen LogP contribution in [0.2, 0.25) is 0 Å². The van der Waals surface area contributed by atoms with Crippen molar-refractivity contribution < 1.29 is 24.9 Å². The number of aryl methyl sites for hydroxylation is 2. The number of amides is 1. The van der Waals surface area contributed by atoms with E-state index in [1.165, 1.54) is 0 Å². The van der Waals surface area contributed by atoms with Gasteiger partial charge in [0, 0.05) is 55.9 Å². The molecule has 4 N–H and O–H groups in total. The minimum atomic E-state index is -0.786. The molecule has 0 unspecified atom stereocenters. The van der Waals surface area contributed by atoms with Gasteiger partial charge < -0.3 is 30.4 Å². The molecule has 0 aliphatic carbocycles. The number of nitrogens with zero attached hydrogens (tertiary/aromatic N) is 7. The van der Waals surface area contributed by atoms with Crippen molar-refractivity contribution in [3.63, 3.8) is 0 Å². The van der Waals surface area contributed by atoms with E-state index < -0.39 is 5.97 Å². The maximum atomic E-state index is 12.6. The summed E-state index contributed by atoms with van der Waals surface area (Å²) in [5, 5.41) is 34.4. The van der Waals surface area contributed by atoms with Crippen LogP contribution in [-0.4, -0.2) is 78.3 Å². The maximum absolute atomic E-state index is 12.6. The SMILES string of the molecule is Cc1ccc2c(N3CC(C(=O)NCc4ccncc4)C3)nc(-c3ccccc3O)nc2c1.Cc1ccc2c(N3CC(C(=O)O)C3)nc(-c3ccccc3O)nc2c1. The smallest absolute Gasteiger partial charge is 0.310 e. The third-order valence-electron chi connectivity index (χ3n) is 10.3. The largest absolute Gasteiger partial charge is 0.507 e. The van der Waals surface area contributed by atoms with E-state index in [4.69, 9.17) is 15.1 Å². The van der Waals surface area contributed by atoms with Crippen LogP contribution in [0.5, 0.6) is 11.5 Å². The molecule has 5 heterocycles. The van der Waals surface area contributed by atoms with Gasteiger partial charge in [0.2, 0.25) is 5.91 Å². The number of carbonyl (C=O) groups excluding carboxylic acids is 1. The van der Waals surface area contributed by atoms with Gasteiger partial charge in [-0.05, 0) is 91.2 Å². The first kappa shape index (κ1) is 36.8. The molecule has 9 rings (SSSR count). The quantitative estimate of drug-likeness (QED) is 0.136. The molecule has 0 spiro atoms. The number of anilines is 2. The summed E-state index contributed by atoms with van der Waals surface area (Å²) in [5.74, 6) is 1.44. The second kappa shape index (κ2) is 15.5. The molecule has 1 amide bonds. The number of aromatic nitrogens is 5. The van der Waals surface area contributed by atoms with Gasteiger partial charge in [-0.15, -0.1) is 0 Å². The summed E-state index contributed by atoms with van der Waals surface area (Å²) >= 11 is 0. The minimum Gasteiger partial charge on any atom is -0.507 e. The molecule has 2 saturated heterocycles. The Kier molecular flexibility index (Phi) is 10.0. The number of carboxylic acid groups (broad SMARTS) is 1. The van der Waals surface area contributed by atoms with Gasteiger partial charge in [0.15, 0.2) is 11.6 Å². The van der Waals surface area contributed by atoms with Crippen LogP contribution in [0.3, 0.4) is 0 Å². The first-order valence-electron chi connectivity index (χ1n) is 18.6. The van der Waals surface area contributed by atoms with E-state index in [0.29, 0.717) is 61.3 Å². The Morgan fingerprint density at radius 1 is 0.649 bits per heavy atom. The number of aliphatic carboxylic acids is 1. The lowest BCUT2D eigenvalue weighted by molar-refractivity contribution is -0.142. The topological polar surface area (TPSA) is 178 Å². The fourth-order valence-corrected chi connectivity index (χ4v) is 6.95. The van der Waals surface area contributed by atoms with Gasteiger partial charge in [0.25, 0.3) is 0 Å². The van der Waals surface area contributed by atoms with E-state index in [1.54, 1.807) is 42.7 Å². The number of aromatic hydroxyl groups is 2. The first-order valence-corrected chi connectivity index (χ1v) is 18.6. The van der Waals surface area contributed by atoms with Gasteiger partial charge in [-0.3, -0.25) is 14.6 Å². The zero-order chi connectivity index (χ0) is 39.6. The summed E-state index contributed by atoms with van der Waals surface area (Å²) in [5.41, 5.74) is 5.94. The van der Waals surface area contributed by atoms with Crippen molar-refractivity contribution in [1.82, 2.24) is 30.2 Å². The molecule has 3 aromatic heterocycles. The summed E-state index contributed by atoms with van der Waals surface area (Å²) in [6.45, 7) is 6.53. The number of rotatable bonds is 8. The third-order valence-corrected chi connectivity index (χ3v) is 10.3. The molecule has 286 valence electrons. The Bertz CT molecular complexity index is 2630. The Morgan fingerprint density at radius 2 is 1.12 bits per heavy atom. The second-order valence-corrected chi connectivity index (χ2v) is 14.4. The summed E-state index contributed by atoms with van der Waals surface area (Å²) in [7, 11) is 0. The van der Waals surface area contributed by atoms with Crippen LogP contribution in [0.25, 0.3) is 44.6 Å². The molecule has 0 atom stereocenters. The van der Waals surface area contributed by atoms with Crippen LogP contribution in [0, 0.1) is 25.7 Å². The average molecular weight is 761 g/mol. The number of phenols is 2. The van der Waals surface area contributed by atoms with Crippen molar-refractivity contribution in [1.29, 1.82) is 0 Å². The van der Waals surface area contributed by atoms with Crippen LogP contribution in [0.1, 0.15) is 16.7 Å². The van der Waals surface area contributed by atoms with Crippen molar-refractivity contribution in [2.45, 2.75) is 20.4 Å². The Morgan fingerprint density at radius 3 is 1.60 bits per heavy atom. The summed E-state index contributed by atoms with van der Waals surface area (Å²) in [6.07, 6.45) is 3.44. The summed E-state index contributed by atoms with van der Waals surface area (Å²) < 4.78 is 0. The summed E-state index contributed by atoms with van der Waals surface area (Å²) in [4.78, 5) is 50.5. The fourth-order valence-electron chi connectivity index (χ4n) is 6.95. The summed E-state index contributed by atoms with van der Waals surface area (Å²) in [6, 6.07) is 29.8. The van der Waals surface area contributed by atoms with Crippen molar-refractivity contribution in [3.8, 4) is 34.3 Å². The molecule has 13 nitrogen and oxygen atoms in total. The molecule has 13 heteroatoms. The number of para-hydroxylation sites is 2. The highest BCUT2D eigenvalue weighted by molar-refractivity contribution is 5.94. The number of carboxylic acids is 1. The monoisotopic (exact) mass is 760 g/mol. The standard InChI is InChI=1S/C25H23N5O2.C19H17N3O3/c1-16-6-7-19-21(12-16)28-23(20-4-2-3-5-22(20)31)29-24(19)30-14-18(15-30)25(32)27-13-17-8-10-26-11-9-17;1-11-6-7-13-15(8-11)20-17(14-4-2-3-5-16(14)23)21-18(13)22-9-12(10-22)19(24)25/h2-12,18,31H,13-15H2,1H3,(H,27,32);2-8,12,23H,9-10H2,1H3,(H,24,25). The zero-order valence-corrected chi connectivity index (χ0v) is 31.4. The number of benzene rings is 4.